The van der Waals surface area contributed by atoms with E-state index in [0.29, 0.717) is 23.6 Å². The number of ketones is 1. The van der Waals surface area contributed by atoms with E-state index in [9.17, 15) is 14.4 Å². The number of aromatic nitrogens is 1. The van der Waals surface area contributed by atoms with Crippen LogP contribution in [0.15, 0.2) is 23.6 Å². The molecule has 4 atom stereocenters. The summed E-state index contributed by atoms with van der Waals surface area (Å²) in [4.78, 5) is 52.1. The van der Waals surface area contributed by atoms with E-state index in [2.05, 4.69) is 22.2 Å². The lowest BCUT2D eigenvalue weighted by Crippen LogP contribution is -2.46. The molecule has 7 rings (SSSR count). The van der Waals surface area contributed by atoms with Crippen molar-refractivity contribution in [1.29, 1.82) is 0 Å². The summed E-state index contributed by atoms with van der Waals surface area (Å²) in [7, 11) is 2.14. The number of hydrogen-bond donors (Lipinski definition) is 1. The molecule has 0 bridgehead atoms. The zero-order chi connectivity index (χ0) is 29.0. The van der Waals surface area contributed by atoms with Crippen LogP contribution >= 0.6 is 11.3 Å². The summed E-state index contributed by atoms with van der Waals surface area (Å²) >= 11 is 1.63. The molecule has 9 nitrogen and oxygen atoms in total. The summed E-state index contributed by atoms with van der Waals surface area (Å²) in [6.07, 6.45) is 7.17. The van der Waals surface area contributed by atoms with E-state index in [0.717, 1.165) is 87.5 Å². The zero-order valence-electron chi connectivity index (χ0n) is 24.4. The molecule has 42 heavy (non-hydrogen) atoms. The number of nitrogens with two attached hydrogens (primary N) is 1. The van der Waals surface area contributed by atoms with Crippen molar-refractivity contribution in [2.75, 3.05) is 51.3 Å². The van der Waals surface area contributed by atoms with Crippen molar-refractivity contribution in [3.8, 4) is 11.3 Å². The Labute approximate surface area is 251 Å². The highest BCUT2D eigenvalue weighted by Gasteiger charge is 2.57. The quantitative estimate of drug-likeness (QED) is 0.525. The molecule has 1 aromatic carbocycles. The number of thiazole rings is 1. The first-order valence-corrected chi connectivity index (χ1v) is 16.5. The van der Waals surface area contributed by atoms with Crippen molar-refractivity contribution in [1.82, 2.24) is 14.8 Å². The summed E-state index contributed by atoms with van der Waals surface area (Å²) < 4.78 is 5.98. The van der Waals surface area contributed by atoms with Crippen molar-refractivity contribution in [3.63, 3.8) is 0 Å². The smallest absolute Gasteiger partial charge is 0.249 e. The van der Waals surface area contributed by atoms with Gasteiger partial charge in [0.25, 0.3) is 0 Å². The molecule has 10 heteroatoms. The van der Waals surface area contributed by atoms with Crippen LogP contribution in [0.2, 0.25) is 0 Å². The predicted molar refractivity (Wildman–Crippen MR) is 162 cm³/mol. The van der Waals surface area contributed by atoms with Crippen LogP contribution < -0.4 is 10.6 Å². The largest absolute Gasteiger partial charge is 0.367 e. The molecule has 2 aromatic rings. The van der Waals surface area contributed by atoms with E-state index < -0.39 is 17.9 Å². The molecule has 5 aliphatic rings. The second kappa shape index (κ2) is 11.4. The summed E-state index contributed by atoms with van der Waals surface area (Å²) in [5.74, 6) is -0.281. The number of fused-ring (bicyclic) bond motifs is 1. The second-order valence-electron chi connectivity index (χ2n) is 13.0. The zero-order valence-corrected chi connectivity index (χ0v) is 25.2. The Morgan fingerprint density at radius 2 is 1.83 bits per heavy atom. The van der Waals surface area contributed by atoms with Gasteiger partial charge in [0.05, 0.1) is 17.7 Å². The molecular formula is C32H41N5O4S. The number of likely N-dealkylation sites (N-methyl/N-ethyl adjacent to an activating group) is 1. The molecule has 2 aliphatic carbocycles. The van der Waals surface area contributed by atoms with Crippen LogP contribution in [-0.2, 0) is 14.3 Å². The Kier molecular flexibility index (Phi) is 7.56. The number of nitrogens with zero attached hydrogens (tertiary/aromatic N) is 4. The number of likely N-dealkylation sites (tertiary alicyclic amines) is 1. The Morgan fingerprint density at radius 1 is 1.07 bits per heavy atom. The Balaban J connectivity index is 1.25. The Hall–Kier alpha value is -2.82. The lowest BCUT2D eigenvalue weighted by Gasteiger charge is -2.35. The molecule has 5 fully saturated rings. The fourth-order valence-electron chi connectivity index (χ4n) is 7.84. The van der Waals surface area contributed by atoms with Crippen LogP contribution in [0, 0.1) is 17.8 Å². The maximum absolute atomic E-state index is 14.7. The molecule has 3 saturated heterocycles. The van der Waals surface area contributed by atoms with Gasteiger partial charge in [-0.2, -0.15) is 0 Å². The number of Topliss-reactive ketones (excluding diaryl/α,β-unsaturated/α-hetero) is 1. The van der Waals surface area contributed by atoms with Gasteiger partial charge >= 0.3 is 0 Å². The average molecular weight is 592 g/mol. The van der Waals surface area contributed by atoms with Gasteiger partial charge in [-0.15, -0.1) is 11.3 Å². The van der Waals surface area contributed by atoms with Crippen molar-refractivity contribution >= 4 is 34.1 Å². The highest BCUT2D eigenvalue weighted by molar-refractivity contribution is 7.14. The average Bonchev–Trinajstić information content (AvgIpc) is 3.41. The van der Waals surface area contributed by atoms with Gasteiger partial charge in [-0.1, -0.05) is 25.3 Å². The predicted octanol–water partition coefficient (Wildman–Crippen LogP) is 3.53. The third kappa shape index (κ3) is 5.15. The molecule has 0 unspecified atom stereocenters. The van der Waals surface area contributed by atoms with Gasteiger partial charge < -0.3 is 25.2 Å². The summed E-state index contributed by atoms with van der Waals surface area (Å²) in [5, 5.41) is 3.06. The highest BCUT2D eigenvalue weighted by atomic mass is 32.1. The van der Waals surface area contributed by atoms with E-state index in [1.807, 2.05) is 17.0 Å². The lowest BCUT2D eigenvalue weighted by molar-refractivity contribution is -0.139. The standard InChI is InChI=1S/C32H41N5O4S/c1-35-11-13-36(14-12-35)32-34-25(18-42-32)21-9-10-22(30(33)39)23(15-21)27(20-5-3-2-4-6-20)31(40)37-16-24(19-7-8-19)29-28(37)26(38)17-41-29/h9-10,15,18-20,24,27-29H,2-8,11-14,16-17H2,1H3,(H2,33,39)/t24-,27-,28+,29+/m0/s1. The fraction of sp³-hybridized carbons (Fsp3) is 0.625. The van der Waals surface area contributed by atoms with Crippen LogP contribution in [0.1, 0.15) is 66.8 Å². The monoisotopic (exact) mass is 591 g/mol. The number of hydrogen-bond acceptors (Lipinski definition) is 8. The first kappa shape index (κ1) is 28.0. The van der Waals surface area contributed by atoms with Crippen molar-refractivity contribution < 1.29 is 19.1 Å². The van der Waals surface area contributed by atoms with Crippen LogP contribution in [0.4, 0.5) is 5.13 Å². The van der Waals surface area contributed by atoms with E-state index in [1.54, 1.807) is 17.4 Å². The first-order valence-electron chi connectivity index (χ1n) is 15.7. The van der Waals surface area contributed by atoms with Gasteiger partial charge in [-0.25, -0.2) is 4.98 Å². The van der Waals surface area contributed by atoms with Gasteiger partial charge in [0.15, 0.2) is 10.9 Å². The summed E-state index contributed by atoms with van der Waals surface area (Å²) in [6, 6.07) is 5.14. The molecule has 2 N–H and O–H groups in total. The molecule has 2 saturated carbocycles. The number of primary amides is 1. The minimum atomic E-state index is -0.532. The molecule has 1 aromatic heterocycles. The first-order chi connectivity index (χ1) is 20.4. The molecule has 0 spiro atoms. The summed E-state index contributed by atoms with van der Waals surface area (Å²) in [5.41, 5.74) is 8.75. The second-order valence-corrected chi connectivity index (χ2v) is 13.9. The number of anilines is 1. The van der Waals surface area contributed by atoms with Crippen molar-refractivity contribution in [3.05, 3.63) is 34.7 Å². The van der Waals surface area contributed by atoms with Crippen LogP contribution in [0.25, 0.3) is 11.3 Å². The minimum Gasteiger partial charge on any atom is -0.367 e. The van der Waals surface area contributed by atoms with E-state index in [-0.39, 0.29) is 36.2 Å². The Morgan fingerprint density at radius 3 is 2.55 bits per heavy atom. The number of carbonyl (C=O) groups is 3. The third-order valence-electron chi connectivity index (χ3n) is 10.3. The maximum atomic E-state index is 14.7. The maximum Gasteiger partial charge on any atom is 0.249 e. The molecule has 4 heterocycles. The molecule has 3 aliphatic heterocycles. The van der Waals surface area contributed by atoms with E-state index in [1.165, 1.54) is 0 Å². The number of carbonyl (C=O) groups excluding carboxylic acids is 3. The molecule has 2 amide bonds. The van der Waals surface area contributed by atoms with E-state index >= 15 is 0 Å². The molecule has 224 valence electrons. The number of piperazine rings is 1. The lowest BCUT2D eigenvalue weighted by atomic mass is 9.74. The van der Waals surface area contributed by atoms with Crippen molar-refractivity contribution in [2.24, 2.45) is 23.5 Å². The van der Waals surface area contributed by atoms with Gasteiger partial charge in [0.1, 0.15) is 12.6 Å². The third-order valence-corrected chi connectivity index (χ3v) is 11.2. The number of ether oxygens (including phenoxy) is 1. The van der Waals surface area contributed by atoms with Crippen molar-refractivity contribution in [2.45, 2.75) is 63.0 Å². The summed E-state index contributed by atoms with van der Waals surface area (Å²) in [6.45, 7) is 4.53. The fourth-order valence-corrected chi connectivity index (χ4v) is 8.73. The van der Waals surface area contributed by atoms with Gasteiger partial charge in [-0.3, -0.25) is 14.4 Å². The minimum absolute atomic E-state index is 0.00155. The normalized spacial score (nSPS) is 27.8. The van der Waals surface area contributed by atoms with Crippen LogP contribution in [-0.4, -0.2) is 90.9 Å². The molecule has 0 radical (unpaired) electrons. The van der Waals surface area contributed by atoms with Gasteiger partial charge in [-0.05, 0) is 62.3 Å². The van der Waals surface area contributed by atoms with Gasteiger partial charge in [0, 0.05) is 55.1 Å². The topological polar surface area (TPSA) is 109 Å². The molecular weight excluding hydrogens is 550 g/mol. The Bertz CT molecular complexity index is 1360. The highest BCUT2D eigenvalue weighted by Crippen LogP contribution is 2.48. The van der Waals surface area contributed by atoms with Crippen LogP contribution in [0.3, 0.4) is 0 Å². The van der Waals surface area contributed by atoms with E-state index in [4.69, 9.17) is 15.5 Å². The number of amides is 2. The van der Waals surface area contributed by atoms with Gasteiger partial charge in [0.2, 0.25) is 11.8 Å². The number of benzene rings is 1. The number of rotatable bonds is 7. The SMILES string of the molecule is CN1CCN(c2nc(-c3ccc(C(N)=O)c([C@@H](C(=O)N4C[C@@H](C5CC5)[C@H]5OCC(=O)[C@H]54)C4CCCCC4)c3)cs2)CC1. The van der Waals surface area contributed by atoms with Crippen LogP contribution in [0.5, 0.6) is 0 Å².